The molecule has 0 bridgehead atoms. The second-order valence-electron chi connectivity index (χ2n) is 7.35. The number of methoxy groups -OCH3 is 1. The Morgan fingerprint density at radius 2 is 1.55 bits per heavy atom. The van der Waals surface area contributed by atoms with Gasteiger partial charge in [0.15, 0.2) is 0 Å². The monoisotopic (exact) mass is 464 g/mol. The molecule has 0 aromatic heterocycles. The molecule has 1 unspecified atom stereocenters. The van der Waals surface area contributed by atoms with Crippen LogP contribution in [-0.2, 0) is 19.6 Å². The topological polar surface area (TPSA) is 127 Å². The number of hydrogen-bond acceptors (Lipinski definition) is 6. The SMILES string of the molecule is COc1ccc(/C(O)=C2\C(=O)C(=O)N(c3ccc(S(N)(=O)=O)cc3)C2c2ccccc2)cc1. The van der Waals surface area contributed by atoms with E-state index in [-0.39, 0.29) is 21.9 Å². The van der Waals surface area contributed by atoms with E-state index in [1.165, 1.54) is 36.3 Å². The number of carbonyl (C=O) groups excluding carboxylic acids is 2. The molecule has 1 amide bonds. The quantitative estimate of drug-likeness (QED) is 0.340. The molecule has 1 atom stereocenters. The summed E-state index contributed by atoms with van der Waals surface area (Å²) < 4.78 is 28.3. The second kappa shape index (κ2) is 8.53. The molecule has 0 saturated carbocycles. The summed E-state index contributed by atoms with van der Waals surface area (Å²) in [4.78, 5) is 27.3. The Hall–Kier alpha value is -3.95. The fourth-order valence-electron chi connectivity index (χ4n) is 3.75. The van der Waals surface area contributed by atoms with Crippen LogP contribution >= 0.6 is 0 Å². The number of ether oxygens (including phenoxy) is 1. The van der Waals surface area contributed by atoms with E-state index >= 15 is 0 Å². The summed E-state index contributed by atoms with van der Waals surface area (Å²) in [6.07, 6.45) is 0. The number of aliphatic hydroxyl groups is 1. The van der Waals surface area contributed by atoms with Gasteiger partial charge in [-0.3, -0.25) is 14.5 Å². The summed E-state index contributed by atoms with van der Waals surface area (Å²) >= 11 is 0. The Kier molecular flexibility index (Phi) is 5.75. The van der Waals surface area contributed by atoms with Crippen molar-refractivity contribution in [3.8, 4) is 5.75 Å². The van der Waals surface area contributed by atoms with Crippen molar-refractivity contribution in [3.63, 3.8) is 0 Å². The lowest BCUT2D eigenvalue weighted by Gasteiger charge is -2.25. The van der Waals surface area contributed by atoms with Crippen LogP contribution in [0, 0.1) is 0 Å². The predicted molar refractivity (Wildman–Crippen MR) is 122 cm³/mol. The van der Waals surface area contributed by atoms with Gasteiger partial charge in [0.25, 0.3) is 11.7 Å². The number of ketones is 1. The smallest absolute Gasteiger partial charge is 0.300 e. The number of aliphatic hydroxyl groups excluding tert-OH is 1. The van der Waals surface area contributed by atoms with Crippen LogP contribution in [0.15, 0.2) is 89.3 Å². The van der Waals surface area contributed by atoms with Gasteiger partial charge in [-0.25, -0.2) is 13.6 Å². The lowest BCUT2D eigenvalue weighted by atomic mass is 9.95. The molecule has 0 aliphatic carbocycles. The third-order valence-electron chi connectivity index (χ3n) is 5.37. The van der Waals surface area contributed by atoms with Crippen molar-refractivity contribution in [1.82, 2.24) is 0 Å². The zero-order chi connectivity index (χ0) is 23.8. The molecule has 9 heteroatoms. The fraction of sp³-hybridized carbons (Fsp3) is 0.0833. The zero-order valence-corrected chi connectivity index (χ0v) is 18.3. The minimum absolute atomic E-state index is 0.0770. The van der Waals surface area contributed by atoms with Crippen LogP contribution in [0.5, 0.6) is 5.75 Å². The van der Waals surface area contributed by atoms with Crippen molar-refractivity contribution in [1.29, 1.82) is 0 Å². The van der Waals surface area contributed by atoms with Crippen molar-refractivity contribution in [2.45, 2.75) is 10.9 Å². The Balaban J connectivity index is 1.89. The highest BCUT2D eigenvalue weighted by Gasteiger charge is 2.46. The number of hydrogen-bond donors (Lipinski definition) is 2. The number of nitrogens with zero attached hydrogens (tertiary/aromatic N) is 1. The van der Waals surface area contributed by atoms with Gasteiger partial charge in [-0.15, -0.1) is 0 Å². The molecule has 1 aliphatic rings. The van der Waals surface area contributed by atoms with Gasteiger partial charge in [0, 0.05) is 11.3 Å². The Bertz CT molecular complexity index is 1350. The summed E-state index contributed by atoms with van der Waals surface area (Å²) in [5.74, 6) is -1.45. The van der Waals surface area contributed by atoms with Crippen LogP contribution in [0.1, 0.15) is 17.2 Å². The maximum atomic E-state index is 13.1. The highest BCUT2D eigenvalue weighted by molar-refractivity contribution is 7.89. The standard InChI is InChI=1S/C24H20N2O6S/c1-32-18-11-7-16(8-12-18)22(27)20-21(15-5-3-2-4-6-15)26(24(29)23(20)28)17-9-13-19(14-10-17)33(25,30)31/h2-14,21,27H,1H3,(H2,25,30,31)/b22-20+. The molecule has 1 fully saturated rings. The summed E-state index contributed by atoms with van der Waals surface area (Å²) in [6.45, 7) is 0. The molecule has 3 aromatic rings. The highest BCUT2D eigenvalue weighted by Crippen LogP contribution is 2.42. The lowest BCUT2D eigenvalue weighted by Crippen LogP contribution is -2.29. The molecular formula is C24H20N2O6S. The molecule has 8 nitrogen and oxygen atoms in total. The lowest BCUT2D eigenvalue weighted by molar-refractivity contribution is -0.132. The van der Waals surface area contributed by atoms with Gasteiger partial charge in [0.2, 0.25) is 10.0 Å². The minimum Gasteiger partial charge on any atom is -0.507 e. The van der Waals surface area contributed by atoms with E-state index in [2.05, 4.69) is 0 Å². The summed E-state index contributed by atoms with van der Waals surface area (Å²) in [5.41, 5.74) is 1.15. The fourth-order valence-corrected chi connectivity index (χ4v) is 4.27. The van der Waals surface area contributed by atoms with Gasteiger partial charge in [-0.2, -0.15) is 0 Å². The molecule has 1 heterocycles. The van der Waals surface area contributed by atoms with E-state index in [4.69, 9.17) is 9.88 Å². The van der Waals surface area contributed by atoms with Gasteiger partial charge in [0.05, 0.1) is 23.6 Å². The van der Waals surface area contributed by atoms with Gasteiger partial charge < -0.3 is 9.84 Å². The molecule has 1 saturated heterocycles. The van der Waals surface area contributed by atoms with Crippen LogP contribution in [0.4, 0.5) is 5.69 Å². The van der Waals surface area contributed by atoms with E-state index in [0.717, 1.165) is 0 Å². The normalized spacial score (nSPS) is 17.9. The summed E-state index contributed by atoms with van der Waals surface area (Å²) in [6, 6.07) is 19.6. The number of Topliss-reactive ketones (excluding diaryl/α,β-unsaturated/α-hetero) is 1. The van der Waals surface area contributed by atoms with Crippen molar-refractivity contribution >= 4 is 33.2 Å². The number of anilines is 1. The number of sulfonamides is 1. The van der Waals surface area contributed by atoms with Crippen molar-refractivity contribution in [2.24, 2.45) is 5.14 Å². The largest absolute Gasteiger partial charge is 0.507 e. The molecule has 168 valence electrons. The van der Waals surface area contributed by atoms with Gasteiger partial charge in [-0.05, 0) is 54.1 Å². The van der Waals surface area contributed by atoms with Crippen LogP contribution < -0.4 is 14.8 Å². The Morgan fingerprint density at radius 1 is 0.939 bits per heavy atom. The van der Waals surface area contributed by atoms with Crippen LogP contribution in [0.2, 0.25) is 0 Å². The van der Waals surface area contributed by atoms with E-state index in [0.29, 0.717) is 16.9 Å². The number of carbonyl (C=O) groups is 2. The first kappa shape index (κ1) is 22.3. The Morgan fingerprint density at radius 3 is 2.09 bits per heavy atom. The van der Waals surface area contributed by atoms with Crippen molar-refractivity contribution in [2.75, 3.05) is 12.0 Å². The van der Waals surface area contributed by atoms with Gasteiger partial charge >= 0.3 is 0 Å². The first-order chi connectivity index (χ1) is 15.7. The van der Waals surface area contributed by atoms with E-state index in [1.807, 2.05) is 0 Å². The van der Waals surface area contributed by atoms with E-state index in [9.17, 15) is 23.1 Å². The number of primary sulfonamides is 1. The molecule has 4 rings (SSSR count). The average molecular weight is 464 g/mol. The van der Waals surface area contributed by atoms with Crippen LogP contribution in [0.25, 0.3) is 5.76 Å². The van der Waals surface area contributed by atoms with Crippen LogP contribution in [-0.4, -0.2) is 32.3 Å². The molecule has 0 radical (unpaired) electrons. The summed E-state index contributed by atoms with van der Waals surface area (Å²) in [7, 11) is -2.42. The first-order valence-corrected chi connectivity index (χ1v) is 11.4. The van der Waals surface area contributed by atoms with Gasteiger partial charge in [0.1, 0.15) is 11.5 Å². The minimum atomic E-state index is -3.93. The van der Waals surface area contributed by atoms with Gasteiger partial charge in [-0.1, -0.05) is 30.3 Å². The molecule has 3 N–H and O–H groups in total. The summed E-state index contributed by atoms with van der Waals surface area (Å²) in [5, 5.41) is 16.2. The number of nitrogens with two attached hydrogens (primary N) is 1. The third-order valence-corrected chi connectivity index (χ3v) is 6.30. The van der Waals surface area contributed by atoms with Crippen LogP contribution in [0.3, 0.4) is 0 Å². The zero-order valence-electron chi connectivity index (χ0n) is 17.5. The number of rotatable bonds is 5. The molecule has 0 spiro atoms. The van der Waals surface area contributed by atoms with E-state index in [1.54, 1.807) is 54.6 Å². The highest BCUT2D eigenvalue weighted by atomic mass is 32.2. The van der Waals surface area contributed by atoms with Crippen molar-refractivity contribution in [3.05, 3.63) is 95.6 Å². The van der Waals surface area contributed by atoms with Crippen molar-refractivity contribution < 1.29 is 27.9 Å². The third kappa shape index (κ3) is 4.11. The predicted octanol–water partition coefficient (Wildman–Crippen LogP) is 2.97. The maximum Gasteiger partial charge on any atom is 0.300 e. The number of amides is 1. The molecule has 3 aromatic carbocycles. The second-order valence-corrected chi connectivity index (χ2v) is 8.91. The average Bonchev–Trinajstić information content (AvgIpc) is 3.09. The first-order valence-electron chi connectivity index (χ1n) is 9.85. The molecule has 1 aliphatic heterocycles. The number of benzene rings is 3. The molecular weight excluding hydrogens is 444 g/mol. The van der Waals surface area contributed by atoms with E-state index < -0.39 is 27.8 Å². The molecule has 33 heavy (non-hydrogen) atoms. The Labute approximate surface area is 190 Å². The maximum absolute atomic E-state index is 13.1.